The molecule has 2 aliphatic rings. The fourth-order valence-electron chi connectivity index (χ4n) is 3.62. The Labute approximate surface area is 139 Å². The van der Waals surface area contributed by atoms with Gasteiger partial charge in [-0.2, -0.15) is 0 Å². The maximum Gasteiger partial charge on any atom is 0.230 e. The summed E-state index contributed by atoms with van der Waals surface area (Å²) in [5.41, 5.74) is 2.65. The standard InChI is InChI=1S/C18H26N2O.ClH/c1-13(2)14-4-6-15(7-5-14)20(3)17(21)16-12-18(16)8-10-19-11-9-18;/h4-7,13,16,19H,8-12H2,1-3H3;1H. The van der Waals surface area contributed by atoms with Gasteiger partial charge in [0.15, 0.2) is 0 Å². The molecule has 1 amide bonds. The highest BCUT2D eigenvalue weighted by molar-refractivity contribution is 5.97. The number of carbonyl (C=O) groups excluding carboxylic acids is 1. The lowest BCUT2D eigenvalue weighted by molar-refractivity contribution is -0.120. The number of piperidine rings is 1. The summed E-state index contributed by atoms with van der Waals surface area (Å²) in [5, 5.41) is 3.39. The van der Waals surface area contributed by atoms with Crippen molar-refractivity contribution < 1.29 is 4.79 Å². The number of carbonyl (C=O) groups is 1. The second kappa shape index (κ2) is 6.59. The Morgan fingerprint density at radius 3 is 2.36 bits per heavy atom. The first-order chi connectivity index (χ1) is 10.0. The fraction of sp³-hybridized carbons (Fsp3) is 0.611. The first kappa shape index (κ1) is 17.3. The third-order valence-electron chi connectivity index (χ3n) is 5.36. The molecule has 1 aliphatic carbocycles. The zero-order valence-electron chi connectivity index (χ0n) is 13.8. The second-order valence-electron chi connectivity index (χ2n) is 7.01. The molecule has 1 spiro atoms. The smallest absolute Gasteiger partial charge is 0.230 e. The van der Waals surface area contributed by atoms with Gasteiger partial charge in [0.1, 0.15) is 0 Å². The minimum atomic E-state index is 0. The van der Waals surface area contributed by atoms with Crippen LogP contribution in [-0.2, 0) is 4.79 Å². The molecule has 1 saturated carbocycles. The molecule has 122 valence electrons. The lowest BCUT2D eigenvalue weighted by atomic mass is 9.91. The van der Waals surface area contributed by atoms with E-state index in [2.05, 4.69) is 43.4 Å². The quantitative estimate of drug-likeness (QED) is 0.922. The van der Waals surface area contributed by atoms with Crippen LogP contribution in [0, 0.1) is 11.3 Å². The van der Waals surface area contributed by atoms with Gasteiger partial charge in [-0.3, -0.25) is 4.79 Å². The molecule has 3 rings (SSSR count). The van der Waals surface area contributed by atoms with Crippen molar-refractivity contribution in [1.82, 2.24) is 5.32 Å². The van der Waals surface area contributed by atoms with Gasteiger partial charge in [0.05, 0.1) is 0 Å². The third kappa shape index (κ3) is 3.16. The molecule has 0 radical (unpaired) electrons. The highest BCUT2D eigenvalue weighted by atomic mass is 35.5. The van der Waals surface area contributed by atoms with Gasteiger partial charge in [0.25, 0.3) is 0 Å². The van der Waals surface area contributed by atoms with Crippen LogP contribution in [0.15, 0.2) is 24.3 Å². The van der Waals surface area contributed by atoms with Crippen molar-refractivity contribution in [3.05, 3.63) is 29.8 Å². The summed E-state index contributed by atoms with van der Waals surface area (Å²) in [7, 11) is 1.92. The number of hydrogen-bond donors (Lipinski definition) is 1. The van der Waals surface area contributed by atoms with E-state index >= 15 is 0 Å². The van der Waals surface area contributed by atoms with Gasteiger partial charge in [-0.05, 0) is 61.4 Å². The van der Waals surface area contributed by atoms with Crippen LogP contribution < -0.4 is 10.2 Å². The predicted octanol–water partition coefficient (Wildman–Crippen LogP) is 3.58. The van der Waals surface area contributed by atoms with Gasteiger partial charge in [-0.15, -0.1) is 12.4 Å². The molecule has 1 atom stereocenters. The SMILES string of the molecule is CC(C)c1ccc(N(C)C(=O)C2CC23CCNCC3)cc1.Cl. The van der Waals surface area contributed by atoms with Crippen LogP contribution in [-0.4, -0.2) is 26.0 Å². The zero-order chi connectivity index (χ0) is 15.0. The van der Waals surface area contributed by atoms with E-state index in [0.717, 1.165) is 38.0 Å². The van der Waals surface area contributed by atoms with Crippen molar-refractivity contribution in [3.63, 3.8) is 0 Å². The van der Waals surface area contributed by atoms with Crippen molar-refractivity contribution in [2.45, 2.75) is 39.0 Å². The maximum absolute atomic E-state index is 12.7. The number of benzene rings is 1. The van der Waals surface area contributed by atoms with E-state index in [1.807, 2.05) is 11.9 Å². The highest BCUT2D eigenvalue weighted by Gasteiger charge is 2.58. The molecule has 1 heterocycles. The summed E-state index contributed by atoms with van der Waals surface area (Å²) in [6, 6.07) is 8.42. The number of amides is 1. The summed E-state index contributed by atoms with van der Waals surface area (Å²) in [6.07, 6.45) is 3.40. The van der Waals surface area contributed by atoms with E-state index in [1.165, 1.54) is 5.56 Å². The average molecular weight is 323 g/mol. The van der Waals surface area contributed by atoms with E-state index in [4.69, 9.17) is 0 Å². The molecule has 0 aromatic heterocycles. The molecule has 3 nitrogen and oxygen atoms in total. The molecule has 0 bridgehead atoms. The van der Waals surface area contributed by atoms with E-state index in [9.17, 15) is 4.79 Å². The maximum atomic E-state index is 12.7. The Bertz CT molecular complexity index is 520. The molecule has 1 aliphatic heterocycles. The van der Waals surface area contributed by atoms with Crippen LogP contribution in [0.1, 0.15) is 44.6 Å². The summed E-state index contributed by atoms with van der Waals surface area (Å²) in [6.45, 7) is 6.51. The van der Waals surface area contributed by atoms with Gasteiger partial charge in [0.2, 0.25) is 5.91 Å². The highest BCUT2D eigenvalue weighted by Crippen LogP contribution is 2.59. The monoisotopic (exact) mass is 322 g/mol. The van der Waals surface area contributed by atoms with Crippen molar-refractivity contribution in [2.75, 3.05) is 25.0 Å². The van der Waals surface area contributed by atoms with Gasteiger partial charge in [-0.1, -0.05) is 26.0 Å². The van der Waals surface area contributed by atoms with Crippen LogP contribution in [0.5, 0.6) is 0 Å². The Balaban J connectivity index is 0.00000176. The average Bonchev–Trinajstić information content (AvgIpc) is 3.19. The lowest BCUT2D eigenvalue weighted by Crippen LogP contribution is -2.34. The van der Waals surface area contributed by atoms with E-state index in [0.29, 0.717) is 17.2 Å². The first-order valence-electron chi connectivity index (χ1n) is 8.12. The number of anilines is 1. The van der Waals surface area contributed by atoms with Crippen molar-refractivity contribution in [3.8, 4) is 0 Å². The number of nitrogens with one attached hydrogen (secondary N) is 1. The second-order valence-corrected chi connectivity index (χ2v) is 7.01. The first-order valence-corrected chi connectivity index (χ1v) is 8.12. The largest absolute Gasteiger partial charge is 0.317 e. The summed E-state index contributed by atoms with van der Waals surface area (Å²) in [5.74, 6) is 1.07. The van der Waals surface area contributed by atoms with Crippen molar-refractivity contribution in [1.29, 1.82) is 0 Å². The van der Waals surface area contributed by atoms with E-state index < -0.39 is 0 Å². The fourth-order valence-corrected chi connectivity index (χ4v) is 3.62. The summed E-state index contributed by atoms with van der Waals surface area (Å²) >= 11 is 0. The van der Waals surface area contributed by atoms with Crippen LogP contribution in [0.25, 0.3) is 0 Å². The Morgan fingerprint density at radius 2 is 1.82 bits per heavy atom. The minimum absolute atomic E-state index is 0. The molecule has 1 N–H and O–H groups in total. The zero-order valence-corrected chi connectivity index (χ0v) is 14.6. The van der Waals surface area contributed by atoms with Gasteiger partial charge in [0, 0.05) is 18.7 Å². The Morgan fingerprint density at radius 1 is 1.23 bits per heavy atom. The minimum Gasteiger partial charge on any atom is -0.317 e. The van der Waals surface area contributed by atoms with Crippen molar-refractivity contribution in [2.24, 2.45) is 11.3 Å². The molecule has 22 heavy (non-hydrogen) atoms. The molecular weight excluding hydrogens is 296 g/mol. The van der Waals surface area contributed by atoms with Crippen LogP contribution in [0.3, 0.4) is 0 Å². The van der Waals surface area contributed by atoms with E-state index in [1.54, 1.807) is 0 Å². The lowest BCUT2D eigenvalue weighted by Gasteiger charge is -2.25. The molecule has 1 saturated heterocycles. The number of hydrogen-bond acceptors (Lipinski definition) is 2. The van der Waals surface area contributed by atoms with Crippen LogP contribution in [0.4, 0.5) is 5.69 Å². The summed E-state index contributed by atoms with van der Waals surface area (Å²) < 4.78 is 0. The predicted molar refractivity (Wildman–Crippen MR) is 93.8 cm³/mol. The normalized spacial score (nSPS) is 22.3. The van der Waals surface area contributed by atoms with Gasteiger partial charge in [-0.25, -0.2) is 0 Å². The summed E-state index contributed by atoms with van der Waals surface area (Å²) in [4.78, 5) is 14.6. The molecule has 1 aromatic rings. The molecule has 1 unspecified atom stereocenters. The van der Waals surface area contributed by atoms with Gasteiger partial charge < -0.3 is 10.2 Å². The molecular formula is C18H27ClN2O. The molecule has 2 fully saturated rings. The van der Waals surface area contributed by atoms with Crippen LogP contribution >= 0.6 is 12.4 Å². The Kier molecular flexibility index (Phi) is 5.18. The molecule has 4 heteroatoms. The number of halogens is 1. The Hall–Kier alpha value is -1.06. The number of rotatable bonds is 3. The van der Waals surface area contributed by atoms with Gasteiger partial charge >= 0.3 is 0 Å². The third-order valence-corrected chi connectivity index (χ3v) is 5.36. The van der Waals surface area contributed by atoms with Crippen LogP contribution in [0.2, 0.25) is 0 Å². The topological polar surface area (TPSA) is 32.3 Å². The van der Waals surface area contributed by atoms with E-state index in [-0.39, 0.29) is 18.3 Å². The number of nitrogens with zero attached hydrogens (tertiary/aromatic N) is 1. The van der Waals surface area contributed by atoms with Crippen molar-refractivity contribution >= 4 is 24.0 Å². The molecule has 1 aromatic carbocycles.